The van der Waals surface area contributed by atoms with Crippen LogP contribution in [0.15, 0.2) is 42.7 Å². The summed E-state index contributed by atoms with van der Waals surface area (Å²) in [5, 5.41) is 7.03. The van der Waals surface area contributed by atoms with Gasteiger partial charge in [0.1, 0.15) is 11.6 Å². The first-order valence-electron chi connectivity index (χ1n) is 10.1. The third kappa shape index (κ3) is 4.28. The molecule has 0 saturated carbocycles. The van der Waals surface area contributed by atoms with Crippen molar-refractivity contribution in [3.63, 3.8) is 0 Å². The Morgan fingerprint density at radius 3 is 2.70 bits per heavy atom. The van der Waals surface area contributed by atoms with Crippen molar-refractivity contribution in [2.75, 3.05) is 30.4 Å². The number of nitrogens with one attached hydrogen (secondary N) is 2. The molecule has 0 spiro atoms. The fourth-order valence-electron chi connectivity index (χ4n) is 3.63. The lowest BCUT2D eigenvalue weighted by molar-refractivity contribution is -0.130. The average molecular weight is 423 g/mol. The van der Waals surface area contributed by atoms with Crippen LogP contribution in [0.4, 0.5) is 16.8 Å². The molecule has 30 heavy (non-hydrogen) atoms. The molecule has 1 fully saturated rings. The molecule has 0 radical (unpaired) electrons. The van der Waals surface area contributed by atoms with Crippen LogP contribution in [0, 0.1) is 12.3 Å². The number of carbonyl (C=O) groups is 1. The molecule has 3 aromatic rings. The maximum absolute atomic E-state index is 12.1. The maximum atomic E-state index is 12.1. The van der Waals surface area contributed by atoms with Gasteiger partial charge in [0.15, 0.2) is 5.13 Å². The van der Waals surface area contributed by atoms with E-state index in [1.807, 2.05) is 50.4 Å². The van der Waals surface area contributed by atoms with E-state index in [1.165, 1.54) is 0 Å². The summed E-state index contributed by atoms with van der Waals surface area (Å²) in [6, 6.07) is 9.86. The summed E-state index contributed by atoms with van der Waals surface area (Å²) in [6.45, 7) is 5.73. The molecule has 0 aliphatic carbocycles. The Morgan fingerprint density at radius 1 is 1.17 bits per heavy atom. The second-order valence-corrected chi connectivity index (χ2v) is 8.89. The molecule has 1 aliphatic rings. The van der Waals surface area contributed by atoms with Crippen LogP contribution in [0.25, 0.3) is 10.6 Å². The van der Waals surface area contributed by atoms with Crippen LogP contribution in [-0.4, -0.2) is 41.0 Å². The molecule has 4 rings (SSSR count). The van der Waals surface area contributed by atoms with Gasteiger partial charge in [-0.05, 0) is 49.6 Å². The van der Waals surface area contributed by atoms with E-state index in [0.29, 0.717) is 0 Å². The van der Waals surface area contributed by atoms with Gasteiger partial charge in [0.05, 0.1) is 10.6 Å². The minimum atomic E-state index is -0.295. The van der Waals surface area contributed by atoms with Gasteiger partial charge in [-0.25, -0.2) is 15.0 Å². The lowest BCUT2D eigenvalue weighted by atomic mass is 9.79. The summed E-state index contributed by atoms with van der Waals surface area (Å²) < 4.78 is 0. The summed E-state index contributed by atoms with van der Waals surface area (Å²) >= 11 is 1.63. The molecule has 156 valence electrons. The number of aryl methyl sites for hydroxylation is 1. The van der Waals surface area contributed by atoms with Gasteiger partial charge in [-0.2, -0.15) is 0 Å². The Balaban J connectivity index is 1.46. The number of hydrogen-bond donors (Lipinski definition) is 2. The Kier molecular flexibility index (Phi) is 5.67. The van der Waals surface area contributed by atoms with E-state index >= 15 is 0 Å². The second kappa shape index (κ2) is 8.39. The third-order valence-electron chi connectivity index (χ3n) is 5.58. The highest BCUT2D eigenvalue weighted by molar-refractivity contribution is 7.18. The number of nitrogens with zero attached hydrogens (tertiary/aromatic N) is 4. The van der Waals surface area contributed by atoms with Crippen LogP contribution in [0.5, 0.6) is 0 Å². The van der Waals surface area contributed by atoms with E-state index < -0.39 is 0 Å². The van der Waals surface area contributed by atoms with Gasteiger partial charge >= 0.3 is 0 Å². The molecule has 0 aromatic carbocycles. The van der Waals surface area contributed by atoms with Gasteiger partial charge in [0.25, 0.3) is 0 Å². The number of pyridine rings is 2. The standard InChI is InChI=1S/C22H26N6OS/c1-15-7-10-24-19(13-15)27-18-6-4-5-16(26-18)17-14-25-21(30-17)28-11-8-22(2,9-12-28)20(29)23-3/h4-7,10,13-14H,8-9,11-12H2,1-3H3,(H,23,29)(H,24,26,27). The topological polar surface area (TPSA) is 83.0 Å². The Hall–Kier alpha value is -3.00. The highest BCUT2D eigenvalue weighted by Crippen LogP contribution is 2.36. The number of amides is 1. The zero-order valence-electron chi connectivity index (χ0n) is 17.5. The quantitative estimate of drug-likeness (QED) is 0.647. The van der Waals surface area contributed by atoms with Crippen LogP contribution in [0.3, 0.4) is 0 Å². The first-order valence-corrected chi connectivity index (χ1v) is 10.9. The first-order chi connectivity index (χ1) is 14.5. The molecule has 7 nitrogen and oxygen atoms in total. The van der Waals surface area contributed by atoms with Crippen molar-refractivity contribution in [3.8, 4) is 10.6 Å². The monoisotopic (exact) mass is 422 g/mol. The predicted molar refractivity (Wildman–Crippen MR) is 121 cm³/mol. The largest absolute Gasteiger partial charge is 0.359 e. The first kappa shape index (κ1) is 20.3. The minimum absolute atomic E-state index is 0.124. The zero-order valence-corrected chi connectivity index (χ0v) is 18.3. The number of carbonyl (C=O) groups excluding carboxylic acids is 1. The number of hydrogen-bond acceptors (Lipinski definition) is 7. The van der Waals surface area contributed by atoms with Crippen molar-refractivity contribution in [1.29, 1.82) is 0 Å². The Bertz CT molecular complexity index is 1040. The molecule has 4 heterocycles. The van der Waals surface area contributed by atoms with Gasteiger partial charge in [-0.15, -0.1) is 0 Å². The van der Waals surface area contributed by atoms with Crippen molar-refractivity contribution in [3.05, 3.63) is 48.3 Å². The van der Waals surface area contributed by atoms with E-state index in [4.69, 9.17) is 4.98 Å². The fourth-order valence-corrected chi connectivity index (χ4v) is 4.56. The maximum Gasteiger partial charge on any atom is 0.225 e. The second-order valence-electron chi connectivity index (χ2n) is 7.89. The summed E-state index contributed by atoms with van der Waals surface area (Å²) in [5.41, 5.74) is 1.73. The van der Waals surface area contributed by atoms with Crippen molar-refractivity contribution < 1.29 is 4.79 Å². The summed E-state index contributed by atoms with van der Waals surface area (Å²) in [5.74, 6) is 1.65. The van der Waals surface area contributed by atoms with Crippen molar-refractivity contribution in [2.45, 2.75) is 26.7 Å². The lowest BCUT2D eigenvalue weighted by Crippen LogP contribution is -2.46. The molecular weight excluding hydrogens is 396 g/mol. The molecule has 1 aliphatic heterocycles. The van der Waals surface area contributed by atoms with Gasteiger partial charge in [-0.1, -0.05) is 24.3 Å². The van der Waals surface area contributed by atoms with Crippen LogP contribution in [-0.2, 0) is 4.79 Å². The number of aromatic nitrogens is 3. The summed E-state index contributed by atoms with van der Waals surface area (Å²) in [6.07, 6.45) is 5.31. The van der Waals surface area contributed by atoms with Crippen LogP contribution >= 0.6 is 11.3 Å². The normalized spacial score (nSPS) is 15.6. The zero-order chi connectivity index (χ0) is 21.1. The lowest BCUT2D eigenvalue weighted by Gasteiger charge is -2.37. The number of rotatable bonds is 5. The fraction of sp³-hybridized carbons (Fsp3) is 0.364. The molecule has 8 heteroatoms. The van der Waals surface area contributed by atoms with E-state index in [9.17, 15) is 4.79 Å². The minimum Gasteiger partial charge on any atom is -0.359 e. The molecule has 0 atom stereocenters. The average Bonchev–Trinajstić information content (AvgIpc) is 3.24. The van der Waals surface area contributed by atoms with E-state index in [-0.39, 0.29) is 11.3 Å². The molecule has 1 amide bonds. The van der Waals surface area contributed by atoms with Gasteiger partial charge in [0, 0.05) is 37.9 Å². The summed E-state index contributed by atoms with van der Waals surface area (Å²) in [7, 11) is 1.71. The molecule has 3 aromatic heterocycles. The molecule has 0 unspecified atom stereocenters. The van der Waals surface area contributed by atoms with E-state index in [2.05, 4.69) is 25.5 Å². The highest BCUT2D eigenvalue weighted by Gasteiger charge is 2.36. The molecule has 0 bridgehead atoms. The highest BCUT2D eigenvalue weighted by atomic mass is 32.1. The number of anilines is 3. The summed E-state index contributed by atoms with van der Waals surface area (Å²) in [4.78, 5) is 29.1. The molecule has 2 N–H and O–H groups in total. The van der Waals surface area contributed by atoms with E-state index in [0.717, 1.165) is 58.8 Å². The third-order valence-corrected chi connectivity index (χ3v) is 6.66. The van der Waals surface area contributed by atoms with Crippen LogP contribution in [0.2, 0.25) is 0 Å². The van der Waals surface area contributed by atoms with Crippen LogP contribution in [0.1, 0.15) is 25.3 Å². The smallest absolute Gasteiger partial charge is 0.225 e. The predicted octanol–water partition coefficient (Wildman–Crippen LogP) is 4.00. The molecule has 1 saturated heterocycles. The Morgan fingerprint density at radius 2 is 1.97 bits per heavy atom. The van der Waals surface area contributed by atoms with Crippen molar-refractivity contribution >= 4 is 34.0 Å². The van der Waals surface area contributed by atoms with E-state index in [1.54, 1.807) is 24.6 Å². The van der Waals surface area contributed by atoms with Crippen molar-refractivity contribution in [2.24, 2.45) is 5.41 Å². The number of thiazole rings is 1. The van der Waals surface area contributed by atoms with Gasteiger partial charge < -0.3 is 15.5 Å². The van der Waals surface area contributed by atoms with Gasteiger partial charge in [-0.3, -0.25) is 4.79 Å². The number of piperidine rings is 1. The molecular formula is C22H26N6OS. The van der Waals surface area contributed by atoms with Crippen LogP contribution < -0.4 is 15.5 Å². The van der Waals surface area contributed by atoms with Crippen molar-refractivity contribution in [1.82, 2.24) is 20.3 Å². The SMILES string of the molecule is CNC(=O)C1(C)CCN(c2ncc(-c3cccc(Nc4cc(C)ccn4)n3)s2)CC1. The van der Waals surface area contributed by atoms with Gasteiger partial charge in [0.2, 0.25) is 5.91 Å². The Labute approximate surface area is 180 Å².